The number of benzene rings is 1. The van der Waals surface area contributed by atoms with E-state index in [2.05, 4.69) is 62.7 Å². The highest BCUT2D eigenvalue weighted by Gasteiger charge is 2.57. The summed E-state index contributed by atoms with van der Waals surface area (Å²) >= 11 is 0. The van der Waals surface area contributed by atoms with Crippen LogP contribution in [-0.2, 0) is 27.6 Å². The molecule has 3 aliphatic rings. The van der Waals surface area contributed by atoms with Crippen LogP contribution >= 0.6 is 0 Å². The van der Waals surface area contributed by atoms with Crippen LogP contribution in [0.3, 0.4) is 0 Å². The Balaban J connectivity index is 1.25. The lowest BCUT2D eigenvalue weighted by Crippen LogP contribution is -3.17. The summed E-state index contributed by atoms with van der Waals surface area (Å²) in [5, 5.41) is 4.61. The van der Waals surface area contributed by atoms with Crippen molar-refractivity contribution >= 4 is 5.91 Å². The number of nitrogens with zero attached hydrogens (tertiary/aromatic N) is 4. The van der Waals surface area contributed by atoms with E-state index < -0.39 is 22.7 Å². The van der Waals surface area contributed by atoms with Gasteiger partial charge >= 0.3 is 0 Å². The molecule has 2 saturated heterocycles. The number of likely N-dealkylation sites (tertiary alicyclic amines) is 2. The van der Waals surface area contributed by atoms with Gasteiger partial charge in [-0.15, -0.1) is 0 Å². The van der Waals surface area contributed by atoms with Gasteiger partial charge in [-0.05, 0) is 59.2 Å². The summed E-state index contributed by atoms with van der Waals surface area (Å²) in [5.74, 6) is -1.10. The first-order valence-electron chi connectivity index (χ1n) is 15.4. The molecule has 3 unspecified atom stereocenters. The number of aromatic amines is 1. The molecule has 0 aliphatic carbocycles. The summed E-state index contributed by atoms with van der Waals surface area (Å²) in [6, 6.07) is 5.94. The minimum Gasteiger partial charge on any atom is -0.355 e. The van der Waals surface area contributed by atoms with Crippen molar-refractivity contribution in [2.45, 2.75) is 83.0 Å². The zero-order valence-corrected chi connectivity index (χ0v) is 26.3. The Hall–Kier alpha value is -3.24. The predicted octanol–water partition coefficient (Wildman–Crippen LogP) is 3.18. The zero-order chi connectivity index (χ0) is 30.9. The lowest BCUT2D eigenvalue weighted by molar-refractivity contribution is -0.936. The first-order chi connectivity index (χ1) is 20.2. The van der Waals surface area contributed by atoms with Crippen LogP contribution in [0, 0.1) is 24.5 Å². The van der Waals surface area contributed by atoms with Crippen molar-refractivity contribution in [1.82, 2.24) is 19.7 Å². The molecule has 0 radical (unpaired) electrons. The molecule has 2 aromatic heterocycles. The first kappa shape index (κ1) is 29.8. The molecule has 3 aromatic rings. The Morgan fingerprint density at radius 3 is 2.44 bits per heavy atom. The van der Waals surface area contributed by atoms with Crippen LogP contribution in [-0.4, -0.2) is 57.3 Å². The summed E-state index contributed by atoms with van der Waals surface area (Å²) in [7, 11) is 1.86. The van der Waals surface area contributed by atoms with Gasteiger partial charge in [-0.3, -0.25) is 9.48 Å². The molecule has 1 aromatic carbocycles. The van der Waals surface area contributed by atoms with Crippen molar-refractivity contribution in [2.75, 3.05) is 26.2 Å². The highest BCUT2D eigenvalue weighted by Crippen LogP contribution is 2.53. The highest BCUT2D eigenvalue weighted by molar-refractivity contribution is 5.80. The number of hydrogen-bond donors (Lipinski definition) is 1. The molecule has 2 N–H and O–H groups in total. The van der Waals surface area contributed by atoms with E-state index in [0.717, 1.165) is 28.7 Å². The maximum Gasteiger partial charge on any atom is 0.232 e. The molecule has 1 spiro atoms. The second-order valence-electron chi connectivity index (χ2n) is 14.4. The number of piperidine rings is 1. The van der Waals surface area contributed by atoms with E-state index in [9.17, 15) is 9.18 Å². The van der Waals surface area contributed by atoms with E-state index in [1.807, 2.05) is 18.1 Å². The molecule has 8 nitrogen and oxygen atoms in total. The third kappa shape index (κ3) is 5.16. The van der Waals surface area contributed by atoms with E-state index in [-0.39, 0.29) is 29.4 Å². The number of fused-ring (bicyclic) bond motifs is 2. The predicted molar refractivity (Wildman–Crippen MR) is 156 cm³/mol. The van der Waals surface area contributed by atoms with Crippen LogP contribution in [0.15, 0.2) is 36.8 Å². The average Bonchev–Trinajstić information content (AvgIpc) is 3.66. The Morgan fingerprint density at radius 1 is 1.09 bits per heavy atom. The third-order valence-electron chi connectivity index (χ3n) is 10.1. The number of aryl methyl sites for hydroxylation is 2. The van der Waals surface area contributed by atoms with Gasteiger partial charge in [-0.1, -0.05) is 6.07 Å². The first-order valence-corrected chi connectivity index (χ1v) is 15.4. The van der Waals surface area contributed by atoms with Crippen LogP contribution in [0.4, 0.5) is 8.78 Å². The van der Waals surface area contributed by atoms with Crippen molar-refractivity contribution in [3.63, 3.8) is 0 Å². The summed E-state index contributed by atoms with van der Waals surface area (Å²) in [6.07, 6.45) is 4.76. The quantitative estimate of drug-likeness (QED) is 0.504. The summed E-state index contributed by atoms with van der Waals surface area (Å²) in [6.45, 7) is 15.1. The number of quaternary nitrogens is 1. The minimum atomic E-state index is -0.604. The number of nitrogens with one attached hydrogen (secondary N) is 2. The lowest BCUT2D eigenvalue weighted by Gasteiger charge is -2.40. The number of ether oxygens (including phenoxy) is 1. The number of carbonyl (C=O) groups excluding carboxylic acids is 1. The molecule has 0 saturated carbocycles. The molecule has 5 heterocycles. The minimum absolute atomic E-state index is 0.0449. The molecule has 3 aliphatic heterocycles. The molecular weight excluding hydrogens is 550 g/mol. The van der Waals surface area contributed by atoms with Crippen LogP contribution < -0.4 is 9.88 Å². The molecule has 1 amide bonds. The fourth-order valence-electron chi connectivity index (χ4n) is 7.46. The molecule has 10 heteroatoms. The summed E-state index contributed by atoms with van der Waals surface area (Å²) in [5.41, 5.74) is 2.58. The normalized spacial score (nSPS) is 25.4. The van der Waals surface area contributed by atoms with Crippen LogP contribution in [0.25, 0.3) is 0 Å². The maximum absolute atomic E-state index is 15.0. The summed E-state index contributed by atoms with van der Waals surface area (Å²) < 4.78 is 37.5. The second kappa shape index (κ2) is 10.4. The molecule has 6 rings (SSSR count). The standard InChI is InChI=1S/C33H42F2N6O2/c1-20-14-23-27(36-16-20)33(43-28(23)32(5,6)30-37-19-39(7)38-30)10-12-40(13-11-33)29(42)25-18-41(31(2,3)4)17-24(25)22-9-8-21(34)15-26(22)35/h8-9,14-16,19,24-25,28H,10-13,17-18H2,1-7H3/p+2/t24-,25?,28?/m0/s1. The number of pyridine rings is 1. The highest BCUT2D eigenvalue weighted by atomic mass is 19.1. The molecule has 2 fully saturated rings. The molecule has 230 valence electrons. The number of carbonyl (C=O) groups is 1. The number of amides is 1. The van der Waals surface area contributed by atoms with Crippen molar-refractivity contribution in [2.24, 2.45) is 13.0 Å². The smallest absolute Gasteiger partial charge is 0.232 e. The third-order valence-corrected chi connectivity index (χ3v) is 10.1. The van der Waals surface area contributed by atoms with E-state index >= 15 is 4.39 Å². The van der Waals surface area contributed by atoms with Gasteiger partial charge in [0, 0.05) is 44.6 Å². The van der Waals surface area contributed by atoms with Crippen molar-refractivity contribution < 1.29 is 28.2 Å². The van der Waals surface area contributed by atoms with Crippen molar-refractivity contribution in [3.8, 4) is 0 Å². The van der Waals surface area contributed by atoms with E-state index in [0.29, 0.717) is 44.6 Å². The van der Waals surface area contributed by atoms with Gasteiger partial charge in [0.15, 0.2) is 17.6 Å². The second-order valence-corrected chi connectivity index (χ2v) is 14.4. The van der Waals surface area contributed by atoms with Crippen molar-refractivity contribution in [3.05, 3.63) is 76.6 Å². The largest absolute Gasteiger partial charge is 0.355 e. The van der Waals surface area contributed by atoms with E-state index in [1.54, 1.807) is 11.0 Å². The number of aromatic nitrogens is 4. The van der Waals surface area contributed by atoms with Gasteiger partial charge in [-0.2, -0.15) is 5.10 Å². The number of rotatable bonds is 4. The van der Waals surface area contributed by atoms with Gasteiger partial charge in [0.05, 0.1) is 41.4 Å². The Labute approximate surface area is 252 Å². The van der Waals surface area contributed by atoms with Gasteiger partial charge in [-0.25, -0.2) is 18.7 Å². The fourth-order valence-corrected chi connectivity index (χ4v) is 7.46. The van der Waals surface area contributed by atoms with Gasteiger partial charge in [0.2, 0.25) is 11.6 Å². The fraction of sp³-hybridized carbons (Fsp3) is 0.576. The topological polar surface area (TPSA) is 78.8 Å². The molecule has 43 heavy (non-hydrogen) atoms. The van der Waals surface area contributed by atoms with Gasteiger partial charge in [0.25, 0.3) is 0 Å². The zero-order valence-electron chi connectivity index (χ0n) is 26.3. The average molecular weight is 595 g/mol. The summed E-state index contributed by atoms with van der Waals surface area (Å²) in [4.78, 5) is 25.5. The number of hydrogen-bond acceptors (Lipinski definition) is 4. The van der Waals surface area contributed by atoms with E-state index in [4.69, 9.17) is 4.74 Å². The van der Waals surface area contributed by atoms with Crippen molar-refractivity contribution in [1.29, 1.82) is 0 Å². The Bertz CT molecular complexity index is 1540. The Morgan fingerprint density at radius 2 is 1.81 bits per heavy atom. The number of H-pyrrole nitrogens is 1. The van der Waals surface area contributed by atoms with Crippen LogP contribution in [0.1, 0.15) is 87.7 Å². The van der Waals surface area contributed by atoms with Gasteiger partial charge in [0.1, 0.15) is 24.1 Å². The molecule has 0 bridgehead atoms. The van der Waals surface area contributed by atoms with Gasteiger partial charge < -0.3 is 14.5 Å². The SMILES string of the molecule is Cc1c[nH+]c2c(c1)C(C(C)(C)c1ncn(C)n1)OC21CCN(C(=O)C2C[NH+](C(C)(C)C)C[C@H]2c2ccc(F)cc2F)CC1. The van der Waals surface area contributed by atoms with Crippen LogP contribution in [0.5, 0.6) is 0 Å². The molecular formula is C33H44F2N6O2+2. The molecule has 4 atom stereocenters. The maximum atomic E-state index is 15.0. The monoisotopic (exact) mass is 594 g/mol. The lowest BCUT2D eigenvalue weighted by atomic mass is 9.80. The number of halogens is 2. The Kier molecular flexibility index (Phi) is 7.24. The van der Waals surface area contributed by atoms with Crippen LogP contribution in [0.2, 0.25) is 0 Å². The van der Waals surface area contributed by atoms with E-state index in [1.165, 1.54) is 17.0 Å².